The Bertz CT molecular complexity index is 990. The summed E-state index contributed by atoms with van der Waals surface area (Å²) in [6, 6.07) is 12.4. The predicted molar refractivity (Wildman–Crippen MR) is 103 cm³/mol. The normalized spacial score (nSPS) is 10.9. The Kier molecular flexibility index (Phi) is 5.00. The van der Waals surface area contributed by atoms with Crippen LogP contribution in [0.4, 0.5) is 5.69 Å². The van der Waals surface area contributed by atoms with Crippen LogP contribution in [0.3, 0.4) is 0 Å². The summed E-state index contributed by atoms with van der Waals surface area (Å²) in [7, 11) is 0. The molecule has 0 radical (unpaired) electrons. The first kappa shape index (κ1) is 18.0. The fourth-order valence-corrected chi connectivity index (χ4v) is 3.36. The van der Waals surface area contributed by atoms with E-state index in [1.165, 1.54) is 0 Å². The molecular weight excluding hydrogens is 352 g/mol. The standard InChI is InChI=1S/C20H19ClN2O3/c1-3-23-17-9-6-14(21)11-16(17)12(2)19(23)20(26)22-15-7-4-13(5-8-15)10-18(24)25/h4-9,11H,3,10H2,1-2H3,(H,22,26)(H,24,25). The van der Waals surface area contributed by atoms with Gasteiger partial charge in [-0.25, -0.2) is 0 Å². The highest BCUT2D eigenvalue weighted by Gasteiger charge is 2.20. The fourth-order valence-electron chi connectivity index (χ4n) is 3.19. The van der Waals surface area contributed by atoms with Crippen LogP contribution in [0.1, 0.15) is 28.5 Å². The summed E-state index contributed by atoms with van der Waals surface area (Å²) in [6.45, 7) is 4.56. The van der Waals surface area contributed by atoms with Gasteiger partial charge in [-0.05, 0) is 55.3 Å². The molecule has 0 aliphatic carbocycles. The van der Waals surface area contributed by atoms with E-state index in [0.29, 0.717) is 28.5 Å². The molecule has 3 aromatic rings. The van der Waals surface area contributed by atoms with Crippen LogP contribution in [0.5, 0.6) is 0 Å². The van der Waals surface area contributed by atoms with E-state index in [1.54, 1.807) is 24.3 Å². The van der Waals surface area contributed by atoms with Gasteiger partial charge in [0.05, 0.1) is 6.42 Å². The summed E-state index contributed by atoms with van der Waals surface area (Å²) in [5.74, 6) is -1.09. The molecule has 2 aromatic carbocycles. The summed E-state index contributed by atoms with van der Waals surface area (Å²) in [5, 5.41) is 13.3. The second-order valence-electron chi connectivity index (χ2n) is 6.10. The molecule has 26 heavy (non-hydrogen) atoms. The monoisotopic (exact) mass is 370 g/mol. The summed E-state index contributed by atoms with van der Waals surface area (Å²) in [6.07, 6.45) is -0.0435. The number of hydrogen-bond acceptors (Lipinski definition) is 2. The van der Waals surface area contributed by atoms with E-state index in [-0.39, 0.29) is 12.3 Å². The maximum Gasteiger partial charge on any atom is 0.307 e. The lowest BCUT2D eigenvalue weighted by Gasteiger charge is -2.10. The molecule has 0 atom stereocenters. The molecule has 5 nitrogen and oxygen atoms in total. The number of carboxylic acid groups (broad SMARTS) is 1. The number of halogens is 1. The Labute approximate surface area is 156 Å². The minimum Gasteiger partial charge on any atom is -0.481 e. The quantitative estimate of drug-likeness (QED) is 0.694. The van der Waals surface area contributed by atoms with Gasteiger partial charge in [-0.15, -0.1) is 0 Å². The van der Waals surface area contributed by atoms with Crippen molar-refractivity contribution in [3.8, 4) is 0 Å². The van der Waals surface area contributed by atoms with Crippen molar-refractivity contribution in [3.05, 3.63) is 64.3 Å². The zero-order valence-electron chi connectivity index (χ0n) is 14.5. The van der Waals surface area contributed by atoms with Crippen molar-refractivity contribution >= 4 is 40.1 Å². The minimum absolute atomic E-state index is 0.0435. The smallest absolute Gasteiger partial charge is 0.307 e. The van der Waals surface area contributed by atoms with Crippen LogP contribution in [0.15, 0.2) is 42.5 Å². The van der Waals surface area contributed by atoms with Crippen LogP contribution in [0, 0.1) is 6.92 Å². The molecule has 1 amide bonds. The number of fused-ring (bicyclic) bond motifs is 1. The number of benzene rings is 2. The molecule has 0 saturated heterocycles. The molecular formula is C20H19ClN2O3. The largest absolute Gasteiger partial charge is 0.481 e. The summed E-state index contributed by atoms with van der Waals surface area (Å²) >= 11 is 6.10. The van der Waals surface area contributed by atoms with Crippen LogP contribution < -0.4 is 5.32 Å². The summed E-state index contributed by atoms with van der Waals surface area (Å²) < 4.78 is 1.97. The lowest BCUT2D eigenvalue weighted by molar-refractivity contribution is -0.136. The fraction of sp³-hybridized carbons (Fsp3) is 0.200. The number of aliphatic carboxylic acids is 1. The zero-order valence-corrected chi connectivity index (χ0v) is 15.3. The number of hydrogen-bond donors (Lipinski definition) is 2. The number of nitrogens with one attached hydrogen (secondary N) is 1. The van der Waals surface area contributed by atoms with Crippen LogP contribution >= 0.6 is 11.6 Å². The van der Waals surface area contributed by atoms with E-state index in [2.05, 4.69) is 5.32 Å². The van der Waals surface area contributed by atoms with Crippen LogP contribution in [-0.2, 0) is 17.8 Å². The highest BCUT2D eigenvalue weighted by atomic mass is 35.5. The molecule has 0 spiro atoms. The van der Waals surface area contributed by atoms with Crippen LogP contribution in [-0.4, -0.2) is 21.6 Å². The molecule has 0 aliphatic heterocycles. The Morgan fingerprint density at radius 1 is 1.15 bits per heavy atom. The van der Waals surface area contributed by atoms with Gasteiger partial charge in [0, 0.05) is 28.2 Å². The molecule has 2 N–H and O–H groups in total. The van der Waals surface area contributed by atoms with E-state index in [1.807, 2.05) is 36.6 Å². The highest BCUT2D eigenvalue weighted by Crippen LogP contribution is 2.29. The first-order valence-corrected chi connectivity index (χ1v) is 8.69. The maximum atomic E-state index is 12.9. The maximum absolute atomic E-state index is 12.9. The van der Waals surface area contributed by atoms with Crippen molar-refractivity contribution in [2.24, 2.45) is 0 Å². The molecule has 0 aliphatic rings. The molecule has 6 heteroatoms. The first-order valence-electron chi connectivity index (χ1n) is 8.31. The number of aromatic nitrogens is 1. The van der Waals surface area contributed by atoms with Crippen LogP contribution in [0.25, 0.3) is 10.9 Å². The van der Waals surface area contributed by atoms with E-state index < -0.39 is 5.97 Å². The Morgan fingerprint density at radius 3 is 2.46 bits per heavy atom. The third-order valence-corrected chi connectivity index (χ3v) is 4.61. The topological polar surface area (TPSA) is 71.3 Å². The minimum atomic E-state index is -0.886. The average Bonchev–Trinajstić information content (AvgIpc) is 2.88. The summed E-state index contributed by atoms with van der Waals surface area (Å²) in [5.41, 5.74) is 3.75. The van der Waals surface area contributed by atoms with Gasteiger partial charge < -0.3 is 15.0 Å². The SMILES string of the molecule is CCn1c(C(=O)Nc2ccc(CC(=O)O)cc2)c(C)c2cc(Cl)ccc21. The van der Waals surface area contributed by atoms with Crippen molar-refractivity contribution in [2.75, 3.05) is 5.32 Å². The van der Waals surface area contributed by atoms with Gasteiger partial charge in [-0.3, -0.25) is 9.59 Å². The van der Waals surface area contributed by atoms with Crippen molar-refractivity contribution in [1.29, 1.82) is 0 Å². The number of anilines is 1. The third-order valence-electron chi connectivity index (χ3n) is 4.38. The number of carbonyl (C=O) groups excluding carboxylic acids is 1. The zero-order chi connectivity index (χ0) is 18.8. The van der Waals surface area contributed by atoms with Gasteiger partial charge in [0.2, 0.25) is 0 Å². The predicted octanol–water partition coefficient (Wildman–Crippen LogP) is 4.50. The van der Waals surface area contributed by atoms with Crippen molar-refractivity contribution in [3.63, 3.8) is 0 Å². The molecule has 0 saturated carbocycles. The molecule has 134 valence electrons. The summed E-state index contributed by atoms with van der Waals surface area (Å²) in [4.78, 5) is 23.6. The number of rotatable bonds is 5. The Balaban J connectivity index is 1.92. The number of carbonyl (C=O) groups is 2. The van der Waals surface area contributed by atoms with Gasteiger partial charge in [0.1, 0.15) is 5.69 Å². The van der Waals surface area contributed by atoms with Gasteiger partial charge >= 0.3 is 5.97 Å². The highest BCUT2D eigenvalue weighted by molar-refractivity contribution is 6.31. The van der Waals surface area contributed by atoms with E-state index in [9.17, 15) is 9.59 Å². The van der Waals surface area contributed by atoms with Crippen molar-refractivity contribution < 1.29 is 14.7 Å². The molecule has 1 heterocycles. The van der Waals surface area contributed by atoms with Gasteiger partial charge in [-0.2, -0.15) is 0 Å². The second kappa shape index (κ2) is 7.22. The van der Waals surface area contributed by atoms with Gasteiger partial charge in [0.15, 0.2) is 0 Å². The number of amides is 1. The molecule has 0 unspecified atom stereocenters. The Morgan fingerprint density at radius 2 is 1.85 bits per heavy atom. The van der Waals surface area contributed by atoms with Crippen molar-refractivity contribution in [1.82, 2.24) is 4.57 Å². The Hall–Kier alpha value is -2.79. The first-order chi connectivity index (χ1) is 12.4. The van der Waals surface area contributed by atoms with Crippen molar-refractivity contribution in [2.45, 2.75) is 26.8 Å². The number of aryl methyl sites for hydroxylation is 2. The lowest BCUT2D eigenvalue weighted by Crippen LogP contribution is -2.17. The van der Waals surface area contributed by atoms with E-state index >= 15 is 0 Å². The van der Waals surface area contributed by atoms with E-state index in [0.717, 1.165) is 16.5 Å². The van der Waals surface area contributed by atoms with Gasteiger partial charge in [-0.1, -0.05) is 23.7 Å². The number of carboxylic acids is 1. The second-order valence-corrected chi connectivity index (χ2v) is 6.54. The number of nitrogens with zero attached hydrogens (tertiary/aromatic N) is 1. The molecule has 0 bridgehead atoms. The van der Waals surface area contributed by atoms with Gasteiger partial charge in [0.25, 0.3) is 5.91 Å². The third kappa shape index (κ3) is 3.44. The molecule has 1 aromatic heterocycles. The molecule has 0 fully saturated rings. The molecule has 3 rings (SSSR count). The van der Waals surface area contributed by atoms with E-state index in [4.69, 9.17) is 16.7 Å². The lowest BCUT2D eigenvalue weighted by atomic mass is 10.1. The van der Waals surface area contributed by atoms with Crippen LogP contribution in [0.2, 0.25) is 5.02 Å². The average molecular weight is 371 g/mol.